The Hall–Kier alpha value is -2.11. The van der Waals surface area contributed by atoms with Crippen LogP contribution in [0.4, 0.5) is 5.82 Å². The van der Waals surface area contributed by atoms with E-state index in [0.29, 0.717) is 19.5 Å². The van der Waals surface area contributed by atoms with E-state index in [1.54, 1.807) is 18.1 Å². The molecule has 0 aromatic carbocycles. The number of likely N-dealkylation sites (tertiary alicyclic amines) is 1. The predicted octanol–water partition coefficient (Wildman–Crippen LogP) is 1.02. The number of nitrogens with one attached hydrogen (secondary N) is 1. The first-order valence-electron chi connectivity index (χ1n) is 7.76. The SMILES string of the molecule is CCN(CC)c1ccc(CNC(=O)[C@@H]2CC(=O)N(C)C2)cn1. The van der Waals surface area contributed by atoms with Crippen LogP contribution in [0.15, 0.2) is 18.3 Å². The van der Waals surface area contributed by atoms with Gasteiger partial charge >= 0.3 is 0 Å². The lowest BCUT2D eigenvalue weighted by Gasteiger charge is -2.19. The molecule has 1 fully saturated rings. The van der Waals surface area contributed by atoms with E-state index in [2.05, 4.69) is 29.0 Å². The van der Waals surface area contributed by atoms with Gasteiger partial charge in [0.1, 0.15) is 5.82 Å². The second kappa shape index (κ2) is 7.24. The molecule has 0 bridgehead atoms. The lowest BCUT2D eigenvalue weighted by Crippen LogP contribution is -2.31. The Morgan fingerprint density at radius 1 is 1.41 bits per heavy atom. The zero-order valence-corrected chi connectivity index (χ0v) is 13.5. The Labute approximate surface area is 131 Å². The van der Waals surface area contributed by atoms with Crippen LogP contribution in [-0.2, 0) is 16.1 Å². The summed E-state index contributed by atoms with van der Waals surface area (Å²) in [6.45, 7) is 6.98. The fourth-order valence-electron chi connectivity index (χ4n) is 2.63. The fraction of sp³-hybridized carbons (Fsp3) is 0.562. The molecule has 1 aromatic rings. The minimum Gasteiger partial charge on any atom is -0.357 e. The minimum absolute atomic E-state index is 0.0328. The van der Waals surface area contributed by atoms with Gasteiger partial charge in [-0.05, 0) is 25.5 Å². The molecule has 120 valence electrons. The molecular weight excluding hydrogens is 280 g/mol. The maximum Gasteiger partial charge on any atom is 0.225 e. The van der Waals surface area contributed by atoms with E-state index in [1.807, 2.05) is 12.1 Å². The van der Waals surface area contributed by atoms with Gasteiger partial charge in [-0.1, -0.05) is 6.07 Å². The summed E-state index contributed by atoms with van der Waals surface area (Å²) in [5, 5.41) is 2.89. The predicted molar refractivity (Wildman–Crippen MR) is 85.4 cm³/mol. The molecule has 1 N–H and O–H groups in total. The van der Waals surface area contributed by atoms with Gasteiger partial charge in [-0.15, -0.1) is 0 Å². The van der Waals surface area contributed by atoms with Gasteiger partial charge < -0.3 is 15.1 Å². The number of nitrogens with zero attached hydrogens (tertiary/aromatic N) is 3. The summed E-state index contributed by atoms with van der Waals surface area (Å²) in [4.78, 5) is 31.7. The number of carbonyl (C=O) groups is 2. The molecule has 0 radical (unpaired) electrons. The lowest BCUT2D eigenvalue weighted by molar-refractivity contribution is -0.128. The maximum absolute atomic E-state index is 12.1. The molecule has 0 spiro atoms. The van der Waals surface area contributed by atoms with Crippen molar-refractivity contribution in [2.45, 2.75) is 26.8 Å². The smallest absolute Gasteiger partial charge is 0.225 e. The molecule has 1 atom stereocenters. The fourth-order valence-corrected chi connectivity index (χ4v) is 2.63. The van der Waals surface area contributed by atoms with Gasteiger partial charge in [0.05, 0.1) is 5.92 Å². The summed E-state index contributed by atoms with van der Waals surface area (Å²) < 4.78 is 0. The Balaban J connectivity index is 1.87. The van der Waals surface area contributed by atoms with E-state index >= 15 is 0 Å². The number of anilines is 1. The molecule has 2 rings (SSSR count). The van der Waals surface area contributed by atoms with Gasteiger partial charge in [0, 0.05) is 45.8 Å². The molecule has 22 heavy (non-hydrogen) atoms. The topological polar surface area (TPSA) is 65.5 Å². The first kappa shape index (κ1) is 16.3. The standard InChI is InChI=1S/C16H24N4O2/c1-4-20(5-2)14-7-6-12(9-17-14)10-18-16(22)13-8-15(21)19(3)11-13/h6-7,9,13H,4-5,8,10-11H2,1-3H3,(H,18,22)/t13-/m1/s1. The monoisotopic (exact) mass is 304 g/mol. The average Bonchev–Trinajstić information content (AvgIpc) is 2.87. The second-order valence-electron chi connectivity index (χ2n) is 5.59. The van der Waals surface area contributed by atoms with Gasteiger partial charge in [0.25, 0.3) is 0 Å². The van der Waals surface area contributed by atoms with E-state index < -0.39 is 0 Å². The molecule has 0 aliphatic carbocycles. The third-order valence-electron chi connectivity index (χ3n) is 4.08. The van der Waals surface area contributed by atoms with Crippen molar-refractivity contribution in [3.05, 3.63) is 23.9 Å². The Morgan fingerprint density at radius 2 is 2.14 bits per heavy atom. The summed E-state index contributed by atoms with van der Waals surface area (Å²) in [7, 11) is 1.73. The first-order chi connectivity index (χ1) is 10.5. The highest BCUT2D eigenvalue weighted by molar-refractivity contribution is 5.89. The Morgan fingerprint density at radius 3 is 2.64 bits per heavy atom. The summed E-state index contributed by atoms with van der Waals surface area (Å²) >= 11 is 0. The van der Waals surface area contributed by atoms with Crippen LogP contribution < -0.4 is 10.2 Å². The van der Waals surface area contributed by atoms with Crippen molar-refractivity contribution in [3.8, 4) is 0 Å². The highest BCUT2D eigenvalue weighted by atomic mass is 16.2. The zero-order valence-electron chi connectivity index (χ0n) is 13.5. The summed E-state index contributed by atoms with van der Waals surface area (Å²) in [6.07, 6.45) is 2.10. The van der Waals surface area contributed by atoms with Crippen molar-refractivity contribution in [2.75, 3.05) is 31.6 Å². The zero-order chi connectivity index (χ0) is 16.1. The number of amides is 2. The maximum atomic E-state index is 12.1. The first-order valence-corrected chi connectivity index (χ1v) is 7.76. The van der Waals surface area contributed by atoms with Crippen molar-refractivity contribution < 1.29 is 9.59 Å². The number of rotatable bonds is 6. The number of carbonyl (C=O) groups excluding carboxylic acids is 2. The lowest BCUT2D eigenvalue weighted by atomic mass is 10.1. The molecule has 0 saturated carbocycles. The molecule has 1 aliphatic heterocycles. The highest BCUT2D eigenvalue weighted by Gasteiger charge is 2.31. The third-order valence-corrected chi connectivity index (χ3v) is 4.08. The van der Waals surface area contributed by atoms with E-state index in [1.165, 1.54) is 0 Å². The molecule has 1 saturated heterocycles. The average molecular weight is 304 g/mol. The molecule has 1 aromatic heterocycles. The van der Waals surface area contributed by atoms with E-state index in [-0.39, 0.29) is 17.7 Å². The molecule has 6 heteroatoms. The molecule has 6 nitrogen and oxygen atoms in total. The highest BCUT2D eigenvalue weighted by Crippen LogP contribution is 2.16. The van der Waals surface area contributed by atoms with Crippen LogP contribution in [0, 0.1) is 5.92 Å². The van der Waals surface area contributed by atoms with Crippen molar-refractivity contribution in [1.29, 1.82) is 0 Å². The normalized spacial score (nSPS) is 17.7. The van der Waals surface area contributed by atoms with Crippen LogP contribution in [-0.4, -0.2) is 48.4 Å². The van der Waals surface area contributed by atoms with Gasteiger partial charge in [0.2, 0.25) is 11.8 Å². The van der Waals surface area contributed by atoms with Crippen LogP contribution in [0.5, 0.6) is 0 Å². The Bertz CT molecular complexity index is 525. The minimum atomic E-state index is -0.236. The van der Waals surface area contributed by atoms with Crippen molar-refractivity contribution in [2.24, 2.45) is 5.92 Å². The molecule has 2 heterocycles. The quantitative estimate of drug-likeness (QED) is 0.852. The number of pyridine rings is 1. The molecular formula is C16H24N4O2. The molecule has 1 aliphatic rings. The Kier molecular flexibility index (Phi) is 5.35. The van der Waals surface area contributed by atoms with Gasteiger partial charge in [-0.25, -0.2) is 4.98 Å². The second-order valence-corrected chi connectivity index (χ2v) is 5.59. The van der Waals surface area contributed by atoms with Crippen LogP contribution in [0.25, 0.3) is 0 Å². The van der Waals surface area contributed by atoms with E-state index in [9.17, 15) is 9.59 Å². The van der Waals surface area contributed by atoms with Crippen molar-refractivity contribution in [1.82, 2.24) is 15.2 Å². The van der Waals surface area contributed by atoms with E-state index in [0.717, 1.165) is 24.5 Å². The third kappa shape index (κ3) is 3.75. The van der Waals surface area contributed by atoms with Crippen LogP contribution in [0.3, 0.4) is 0 Å². The summed E-state index contributed by atoms with van der Waals surface area (Å²) in [5.74, 6) is 0.680. The summed E-state index contributed by atoms with van der Waals surface area (Å²) in [6, 6.07) is 3.95. The van der Waals surface area contributed by atoms with Crippen LogP contribution in [0.1, 0.15) is 25.8 Å². The molecule has 2 amide bonds. The van der Waals surface area contributed by atoms with Crippen LogP contribution in [0.2, 0.25) is 0 Å². The number of hydrogen-bond donors (Lipinski definition) is 1. The number of aromatic nitrogens is 1. The van der Waals surface area contributed by atoms with Gasteiger partial charge in [-0.2, -0.15) is 0 Å². The van der Waals surface area contributed by atoms with Gasteiger partial charge in [0.15, 0.2) is 0 Å². The van der Waals surface area contributed by atoms with Crippen LogP contribution >= 0.6 is 0 Å². The number of hydrogen-bond acceptors (Lipinski definition) is 4. The van der Waals surface area contributed by atoms with Crippen molar-refractivity contribution >= 4 is 17.6 Å². The van der Waals surface area contributed by atoms with E-state index in [4.69, 9.17) is 0 Å². The van der Waals surface area contributed by atoms with Crippen molar-refractivity contribution in [3.63, 3.8) is 0 Å². The van der Waals surface area contributed by atoms with Gasteiger partial charge in [-0.3, -0.25) is 9.59 Å². The largest absolute Gasteiger partial charge is 0.357 e. The summed E-state index contributed by atoms with van der Waals surface area (Å²) in [5.41, 5.74) is 0.960. The molecule has 0 unspecified atom stereocenters.